The van der Waals surface area contributed by atoms with Crippen LogP contribution in [-0.4, -0.2) is 9.52 Å². The van der Waals surface area contributed by atoms with Crippen molar-refractivity contribution in [3.05, 3.63) is 180 Å². The maximum Gasteiger partial charge on any atom is 0.0920 e. The van der Waals surface area contributed by atoms with E-state index in [1.54, 1.807) is 0 Å². The van der Waals surface area contributed by atoms with Crippen molar-refractivity contribution in [1.82, 2.24) is 0 Å². The average molecular weight is 948 g/mol. The van der Waals surface area contributed by atoms with E-state index in [0.29, 0.717) is 23.7 Å². The first-order chi connectivity index (χ1) is 29.9. The van der Waals surface area contributed by atoms with E-state index >= 15 is 0 Å². The number of hydrogen-bond donors (Lipinski definition) is 0. The molecule has 0 saturated carbocycles. The van der Waals surface area contributed by atoms with Crippen molar-refractivity contribution in [2.24, 2.45) is 23.7 Å². The third-order valence-corrected chi connectivity index (χ3v) is 12.4. The predicted octanol–water partition coefficient (Wildman–Crippen LogP) is 15.7. The largest absolute Gasteiger partial charge is 0.184 e. The standard InChI is InChI=1S/2C23H27.C12H7Si.2ClH.Zr/c2*1-16(2)12-18-14-20-10-11-21(13-17(3)4)23(22(20)15-18)19-8-6-5-7-9-19;1-3-7-11-9(5-1)10-6-2-4-8-12(10)13-11;;;/h2*5-11,14-17H,12-13H2,1-4H3;1-7H;2*1H;/q3*-1;;;+2/p-2. The third-order valence-electron chi connectivity index (χ3n) is 11.1. The Balaban J connectivity index is 0.000000155. The molecular weight excluding hydrogens is 887 g/mol. The van der Waals surface area contributed by atoms with Crippen LogP contribution in [-0.2, 0) is 46.5 Å². The number of rotatable bonds is 10. The normalized spacial score (nSPS) is 11.5. The maximum absolute atomic E-state index is 4.93. The molecule has 0 N–H and O–H groups in total. The van der Waals surface area contributed by atoms with Gasteiger partial charge in [-0.15, -0.1) is 74.6 Å². The molecule has 0 atom stereocenters. The molecule has 8 aromatic rings. The summed E-state index contributed by atoms with van der Waals surface area (Å²) in [5, 5.41) is 8.43. The first kappa shape index (κ1) is 47.7. The summed E-state index contributed by atoms with van der Waals surface area (Å²) in [7, 11) is 10.7. The van der Waals surface area contributed by atoms with Gasteiger partial charge in [-0.25, -0.2) is 0 Å². The Morgan fingerprint density at radius 2 is 0.919 bits per heavy atom. The monoisotopic (exact) mass is 945 g/mol. The molecule has 0 amide bonds. The van der Waals surface area contributed by atoms with Gasteiger partial charge >= 0.3 is 37.9 Å². The molecule has 9 rings (SSSR count). The van der Waals surface area contributed by atoms with Crippen LogP contribution in [0, 0.1) is 29.7 Å². The topological polar surface area (TPSA) is 0 Å². The Bertz CT molecular complexity index is 2430. The maximum atomic E-state index is 4.93. The van der Waals surface area contributed by atoms with Gasteiger partial charge in [-0.3, -0.25) is 0 Å². The fourth-order valence-electron chi connectivity index (χ4n) is 8.79. The molecule has 0 fully saturated rings. The number of halogens is 2. The van der Waals surface area contributed by atoms with Crippen molar-refractivity contribution in [2.75, 3.05) is 0 Å². The molecule has 1 aliphatic rings. The van der Waals surface area contributed by atoms with Gasteiger partial charge in [-0.05, 0) is 60.5 Å². The Kier molecular flexibility index (Phi) is 17.9. The molecule has 1 heterocycles. The molecule has 0 nitrogen and oxygen atoms in total. The second kappa shape index (κ2) is 23.2. The molecule has 4 heteroatoms. The van der Waals surface area contributed by atoms with Gasteiger partial charge in [0.2, 0.25) is 0 Å². The van der Waals surface area contributed by atoms with Crippen molar-refractivity contribution < 1.29 is 20.8 Å². The molecule has 0 unspecified atom stereocenters. The van der Waals surface area contributed by atoms with Crippen LogP contribution in [0.25, 0.3) is 54.9 Å². The molecule has 62 heavy (non-hydrogen) atoms. The summed E-state index contributed by atoms with van der Waals surface area (Å²) >= 11 is -0.826. The average Bonchev–Trinajstić information content (AvgIpc) is 3.96. The number of fused-ring (bicyclic) bond motifs is 5. The molecule has 0 aliphatic carbocycles. The Morgan fingerprint density at radius 1 is 0.500 bits per heavy atom. The fraction of sp³-hybridized carbons (Fsp3) is 0.276. The van der Waals surface area contributed by atoms with Crippen LogP contribution in [0.3, 0.4) is 0 Å². The second-order valence-corrected chi connectivity index (χ2v) is 23.3. The predicted molar refractivity (Wildman–Crippen MR) is 272 cm³/mol. The van der Waals surface area contributed by atoms with Gasteiger partial charge < -0.3 is 0 Å². The quantitative estimate of drug-likeness (QED) is 0.0947. The van der Waals surface area contributed by atoms with Gasteiger partial charge in [-0.2, -0.15) is 41.6 Å². The van der Waals surface area contributed by atoms with Crippen molar-refractivity contribution in [3.63, 3.8) is 0 Å². The van der Waals surface area contributed by atoms with Gasteiger partial charge in [-0.1, -0.05) is 173 Å². The number of hydrogen-bond acceptors (Lipinski definition) is 0. The summed E-state index contributed by atoms with van der Waals surface area (Å²) in [5.41, 5.74) is 14.2. The van der Waals surface area contributed by atoms with Crippen molar-refractivity contribution in [1.29, 1.82) is 0 Å². The summed E-state index contributed by atoms with van der Waals surface area (Å²) < 4.78 is 0. The van der Waals surface area contributed by atoms with E-state index in [1.807, 2.05) is 6.07 Å². The zero-order chi connectivity index (χ0) is 44.2. The molecule has 8 aromatic carbocycles. The first-order valence-electron chi connectivity index (χ1n) is 22.3. The minimum absolute atomic E-state index is 0.667. The minimum atomic E-state index is -0.826. The van der Waals surface area contributed by atoms with Crippen LogP contribution in [0.15, 0.2) is 152 Å². The Morgan fingerprint density at radius 3 is 1.37 bits per heavy atom. The van der Waals surface area contributed by atoms with E-state index in [0.717, 1.165) is 35.2 Å². The Labute approximate surface area is 394 Å². The fourth-order valence-corrected chi connectivity index (χ4v) is 10.1. The van der Waals surface area contributed by atoms with Gasteiger partial charge in [0.1, 0.15) is 0 Å². The summed E-state index contributed by atoms with van der Waals surface area (Å²) in [4.78, 5) is 0. The van der Waals surface area contributed by atoms with Crippen LogP contribution in [0.4, 0.5) is 0 Å². The van der Waals surface area contributed by atoms with E-state index in [2.05, 4.69) is 207 Å². The third kappa shape index (κ3) is 12.7. The summed E-state index contributed by atoms with van der Waals surface area (Å²) in [6.07, 6.45) is 4.57. The van der Waals surface area contributed by atoms with E-state index in [4.69, 9.17) is 17.0 Å². The molecule has 0 bridgehead atoms. The van der Waals surface area contributed by atoms with Crippen molar-refractivity contribution in [2.45, 2.75) is 81.1 Å². The zero-order valence-electron chi connectivity index (χ0n) is 37.8. The van der Waals surface area contributed by atoms with Crippen LogP contribution in [0.1, 0.15) is 77.6 Å². The zero-order valence-corrected chi connectivity index (χ0v) is 42.8. The summed E-state index contributed by atoms with van der Waals surface area (Å²) in [6.45, 7) is 18.4. The van der Waals surface area contributed by atoms with Crippen LogP contribution in [0.5, 0.6) is 0 Å². The van der Waals surface area contributed by atoms with Crippen LogP contribution >= 0.6 is 17.0 Å². The van der Waals surface area contributed by atoms with E-state index in [-0.39, 0.29) is 0 Å². The summed E-state index contributed by atoms with van der Waals surface area (Å²) in [5.74, 6) is 2.73. The SMILES string of the molecule is CC(C)Cc1cc2c(-c3ccccc3)c(CC(C)C)ccc2[cH-]1.CC(C)Cc1cc2c(-c3ccccc3)c(CC(C)C)ccc2[cH-]1.[Cl][Zr][Cl].[c-]1cccc2c1[Si]c1ccccc1-2. The first-order valence-corrected chi connectivity index (χ1v) is 29.6. The molecule has 1 aliphatic heterocycles. The van der Waals surface area contributed by atoms with Gasteiger partial charge in [0.05, 0.1) is 9.52 Å². The molecule has 0 spiro atoms. The van der Waals surface area contributed by atoms with E-state index in [9.17, 15) is 0 Å². The van der Waals surface area contributed by atoms with Crippen molar-refractivity contribution in [3.8, 4) is 33.4 Å². The molecule has 0 saturated heterocycles. The summed E-state index contributed by atoms with van der Waals surface area (Å²) in [6, 6.07) is 58.8. The van der Waals surface area contributed by atoms with Gasteiger partial charge in [0, 0.05) is 0 Å². The minimum Gasteiger partial charge on any atom is -0.184 e. The van der Waals surface area contributed by atoms with E-state index < -0.39 is 20.8 Å². The molecule has 0 aromatic heterocycles. The molecule has 318 valence electrons. The van der Waals surface area contributed by atoms with E-state index in [1.165, 1.54) is 87.6 Å². The van der Waals surface area contributed by atoms with Crippen LogP contribution in [0.2, 0.25) is 0 Å². The van der Waals surface area contributed by atoms with Gasteiger partial charge in [0.25, 0.3) is 0 Å². The second-order valence-electron chi connectivity index (χ2n) is 18.3. The van der Waals surface area contributed by atoms with Crippen LogP contribution < -0.4 is 10.4 Å². The number of benzene rings is 6. The van der Waals surface area contributed by atoms with Crippen molar-refractivity contribution >= 4 is 58.5 Å². The smallest absolute Gasteiger partial charge is 0.0920 e. The molecule has 2 radical (unpaired) electrons. The van der Waals surface area contributed by atoms with Gasteiger partial charge in [0.15, 0.2) is 0 Å². The Hall–Kier alpha value is -3.78. The molecular formula is C58H61Cl2SiZr-3.